The molecule has 0 radical (unpaired) electrons. The van der Waals surface area contributed by atoms with E-state index in [-0.39, 0.29) is 0 Å². The standard InChI is InChI=1S/C7H5NS2.C3H7N3.C2H4O2/c9-7-8-5-3-1-2-4-6(5)10-7;4-6-2-1-5-3-6;1-2(3)4/h1-4H,(H,8,9);3H,1-2,4H2;1H3,(H,3,4). The third-order valence-corrected chi connectivity index (χ3v) is 3.21. The molecule has 0 fully saturated rings. The van der Waals surface area contributed by atoms with E-state index < -0.39 is 5.97 Å². The van der Waals surface area contributed by atoms with Crippen LogP contribution in [0.5, 0.6) is 0 Å². The lowest BCUT2D eigenvalue weighted by molar-refractivity contribution is -0.134. The third kappa shape index (κ3) is 6.50. The number of hydrazine groups is 1. The summed E-state index contributed by atoms with van der Waals surface area (Å²) in [5, 5.41) is 8.99. The van der Waals surface area contributed by atoms with Crippen LogP contribution in [0, 0.1) is 0 Å². The van der Waals surface area contributed by atoms with E-state index in [1.807, 2.05) is 24.3 Å². The van der Waals surface area contributed by atoms with Gasteiger partial charge in [-0.2, -0.15) is 0 Å². The number of aliphatic carboxylic acids is 1. The number of carbonyl (C=O) groups is 1. The summed E-state index contributed by atoms with van der Waals surface area (Å²) in [5.41, 5.74) is 1.04. The molecular weight excluding hydrogens is 296 g/mol. The van der Waals surface area contributed by atoms with Crippen molar-refractivity contribution in [2.45, 2.75) is 11.3 Å². The Morgan fingerprint density at radius 1 is 1.50 bits per heavy atom. The molecule has 8 heteroatoms. The van der Waals surface area contributed by atoms with E-state index >= 15 is 0 Å². The molecule has 20 heavy (non-hydrogen) atoms. The Morgan fingerprint density at radius 2 is 2.15 bits per heavy atom. The molecule has 1 aliphatic rings. The second-order valence-corrected chi connectivity index (χ2v) is 5.50. The lowest BCUT2D eigenvalue weighted by Gasteiger charge is -1.99. The van der Waals surface area contributed by atoms with E-state index in [4.69, 9.17) is 15.7 Å². The van der Waals surface area contributed by atoms with Gasteiger partial charge in [-0.1, -0.05) is 12.1 Å². The quantitative estimate of drug-likeness (QED) is 0.510. The average Bonchev–Trinajstić information content (AvgIpc) is 2.96. The van der Waals surface area contributed by atoms with E-state index in [0.717, 1.165) is 29.9 Å². The van der Waals surface area contributed by atoms with Crippen LogP contribution in [0.1, 0.15) is 6.92 Å². The summed E-state index contributed by atoms with van der Waals surface area (Å²) in [5.74, 6) is 4.39. The van der Waals surface area contributed by atoms with E-state index in [0.29, 0.717) is 0 Å². The molecule has 0 bridgehead atoms. The number of carboxylic acids is 1. The van der Waals surface area contributed by atoms with Gasteiger partial charge in [0.1, 0.15) is 4.34 Å². The summed E-state index contributed by atoms with van der Waals surface area (Å²) in [6, 6.07) is 8.03. The summed E-state index contributed by atoms with van der Waals surface area (Å²) in [6.07, 6.45) is 1.64. The highest BCUT2D eigenvalue weighted by atomic mass is 32.2. The molecule has 3 N–H and O–H groups in total. The molecule has 0 spiro atoms. The van der Waals surface area contributed by atoms with Crippen LogP contribution in [0.25, 0.3) is 10.2 Å². The van der Waals surface area contributed by atoms with Crippen LogP contribution in [0.2, 0.25) is 0 Å². The highest BCUT2D eigenvalue weighted by molar-refractivity contribution is 7.82. The molecular formula is C12H16N4O2S2. The zero-order valence-electron chi connectivity index (χ0n) is 10.9. The van der Waals surface area contributed by atoms with E-state index in [1.165, 1.54) is 4.70 Å². The first-order valence-electron chi connectivity index (χ1n) is 5.74. The molecule has 108 valence electrons. The first-order chi connectivity index (χ1) is 9.49. The minimum atomic E-state index is -0.833. The minimum Gasteiger partial charge on any atom is -0.481 e. The number of nitrogens with two attached hydrogens (primary N) is 1. The number of carboxylic acid groups (broad SMARTS) is 1. The monoisotopic (exact) mass is 312 g/mol. The molecule has 1 aliphatic heterocycles. The van der Waals surface area contributed by atoms with Crippen LogP contribution >= 0.6 is 24.0 Å². The normalized spacial score (nSPS) is 12.4. The summed E-state index contributed by atoms with van der Waals surface area (Å²) < 4.78 is 2.04. The Hall–Kier alpha value is -1.64. The van der Waals surface area contributed by atoms with Crippen LogP contribution in [-0.2, 0) is 4.79 Å². The smallest absolute Gasteiger partial charge is 0.300 e. The van der Waals surface area contributed by atoms with Crippen molar-refractivity contribution in [1.29, 1.82) is 0 Å². The van der Waals surface area contributed by atoms with Crippen LogP contribution in [0.15, 0.2) is 33.6 Å². The van der Waals surface area contributed by atoms with Gasteiger partial charge in [0.25, 0.3) is 5.97 Å². The summed E-state index contributed by atoms with van der Waals surface area (Å²) in [7, 11) is 0. The van der Waals surface area contributed by atoms with Crippen molar-refractivity contribution in [3.8, 4) is 0 Å². The second kappa shape index (κ2) is 8.51. The Balaban J connectivity index is 0.000000172. The number of benzene rings is 1. The molecule has 0 aliphatic carbocycles. The fraction of sp³-hybridized carbons (Fsp3) is 0.250. The maximum absolute atomic E-state index is 9.00. The third-order valence-electron chi connectivity index (χ3n) is 2.00. The molecule has 0 unspecified atom stereocenters. The van der Waals surface area contributed by atoms with Crippen molar-refractivity contribution in [2.75, 3.05) is 13.1 Å². The van der Waals surface area contributed by atoms with Gasteiger partial charge in [-0.25, -0.2) is 10.8 Å². The van der Waals surface area contributed by atoms with Crippen molar-refractivity contribution >= 4 is 46.5 Å². The average molecular weight is 312 g/mol. The van der Waals surface area contributed by atoms with Gasteiger partial charge in [-0.15, -0.1) is 24.0 Å². The second-order valence-electron chi connectivity index (χ2n) is 3.74. The maximum atomic E-state index is 9.00. The number of rotatable bonds is 0. The molecule has 3 rings (SSSR count). The number of aliphatic imine (C=N–C) groups is 1. The molecule has 0 saturated heterocycles. The van der Waals surface area contributed by atoms with Crippen molar-refractivity contribution in [3.63, 3.8) is 0 Å². The topological polar surface area (TPSA) is 91.8 Å². The van der Waals surface area contributed by atoms with Crippen molar-refractivity contribution < 1.29 is 9.90 Å². The fourth-order valence-corrected chi connectivity index (χ4v) is 2.36. The molecule has 0 atom stereocenters. The predicted molar refractivity (Wildman–Crippen MR) is 84.4 cm³/mol. The van der Waals surface area contributed by atoms with Gasteiger partial charge in [-0.3, -0.25) is 14.8 Å². The van der Waals surface area contributed by atoms with Gasteiger partial charge in [0.2, 0.25) is 0 Å². The van der Waals surface area contributed by atoms with Gasteiger partial charge in [0, 0.05) is 6.92 Å². The van der Waals surface area contributed by atoms with E-state index in [9.17, 15) is 0 Å². The first-order valence-corrected chi connectivity index (χ1v) is 7.00. The first kappa shape index (κ1) is 16.4. The lowest BCUT2D eigenvalue weighted by atomic mass is 10.3. The highest BCUT2D eigenvalue weighted by Crippen LogP contribution is 2.23. The Kier molecular flexibility index (Phi) is 6.99. The van der Waals surface area contributed by atoms with E-state index in [2.05, 4.69) is 22.6 Å². The van der Waals surface area contributed by atoms with Gasteiger partial charge in [0.15, 0.2) is 0 Å². The van der Waals surface area contributed by atoms with Gasteiger partial charge in [-0.05, 0) is 12.1 Å². The van der Waals surface area contributed by atoms with Gasteiger partial charge < -0.3 is 5.11 Å². The van der Waals surface area contributed by atoms with Crippen LogP contribution in [0.4, 0.5) is 0 Å². The molecule has 0 saturated carbocycles. The van der Waals surface area contributed by atoms with Crippen molar-refractivity contribution in [1.82, 2.24) is 9.99 Å². The highest BCUT2D eigenvalue weighted by Gasteiger charge is 1.96. The number of aromatic nitrogens is 1. The summed E-state index contributed by atoms with van der Waals surface area (Å²) in [6.45, 7) is 2.82. The zero-order valence-corrected chi connectivity index (χ0v) is 12.6. The lowest BCUT2D eigenvalue weighted by Crippen LogP contribution is -2.26. The number of thiol groups is 1. The van der Waals surface area contributed by atoms with Gasteiger partial charge >= 0.3 is 0 Å². The number of para-hydroxylation sites is 1. The summed E-state index contributed by atoms with van der Waals surface area (Å²) >= 11 is 5.76. The van der Waals surface area contributed by atoms with Crippen LogP contribution in [-0.4, -0.2) is 40.5 Å². The number of nitrogens with zero attached hydrogens (tertiary/aromatic N) is 3. The van der Waals surface area contributed by atoms with Crippen LogP contribution in [0.3, 0.4) is 0 Å². The van der Waals surface area contributed by atoms with Gasteiger partial charge in [0.05, 0.1) is 29.6 Å². The molecule has 1 aromatic heterocycles. The minimum absolute atomic E-state index is 0.833. The molecule has 1 aromatic carbocycles. The Morgan fingerprint density at radius 3 is 2.60 bits per heavy atom. The number of hydrogen-bond acceptors (Lipinski definition) is 7. The van der Waals surface area contributed by atoms with E-state index in [1.54, 1.807) is 22.7 Å². The van der Waals surface area contributed by atoms with Crippen LogP contribution < -0.4 is 5.84 Å². The molecule has 2 heterocycles. The maximum Gasteiger partial charge on any atom is 0.300 e. The molecule has 2 aromatic rings. The number of hydrogen-bond donors (Lipinski definition) is 3. The predicted octanol–water partition coefficient (Wildman–Crippen LogP) is 1.88. The Labute approximate surface area is 126 Å². The summed E-state index contributed by atoms with van der Waals surface area (Å²) in [4.78, 5) is 17.0. The molecule has 0 amide bonds. The number of fused-ring (bicyclic) bond motifs is 1. The zero-order chi connectivity index (χ0) is 15.0. The van der Waals surface area contributed by atoms with Crippen molar-refractivity contribution in [3.05, 3.63) is 24.3 Å². The molecule has 6 nitrogen and oxygen atoms in total. The largest absolute Gasteiger partial charge is 0.481 e. The SMILES string of the molecule is CC(=O)O.NN1C=NCC1.Sc1nc2ccccc2s1. The fourth-order valence-electron chi connectivity index (χ4n) is 1.25. The number of thiazole rings is 1. The van der Waals surface area contributed by atoms with Crippen molar-refractivity contribution in [2.24, 2.45) is 10.8 Å². The Bertz CT molecular complexity index is 549.